The lowest BCUT2D eigenvalue weighted by Gasteiger charge is -2.12. The predicted octanol–water partition coefficient (Wildman–Crippen LogP) is 3.97. The first-order chi connectivity index (χ1) is 11.1. The van der Waals surface area contributed by atoms with Gasteiger partial charge < -0.3 is 14.2 Å². The summed E-state index contributed by atoms with van der Waals surface area (Å²) in [5.74, 6) is 1.16. The summed E-state index contributed by atoms with van der Waals surface area (Å²) in [5, 5.41) is 0. The molecule has 2 rings (SSSR count). The van der Waals surface area contributed by atoms with Gasteiger partial charge >= 0.3 is 5.97 Å². The number of hydrogen-bond donors (Lipinski definition) is 0. The lowest BCUT2D eigenvalue weighted by molar-refractivity contribution is 0.0600. The van der Waals surface area contributed by atoms with E-state index in [1.54, 1.807) is 20.3 Å². The summed E-state index contributed by atoms with van der Waals surface area (Å²) in [5.41, 5.74) is 3.15. The molecular weight excluding hydrogens is 292 g/mol. The number of carbonyl (C=O) groups excluding carboxylic acids is 1. The van der Waals surface area contributed by atoms with Gasteiger partial charge in [-0.25, -0.2) is 4.79 Å². The lowest BCUT2D eigenvalue weighted by atomic mass is 10.0. The molecule has 0 atom stereocenters. The van der Waals surface area contributed by atoms with Crippen LogP contribution in [0.15, 0.2) is 36.4 Å². The van der Waals surface area contributed by atoms with Gasteiger partial charge in [0.2, 0.25) is 0 Å². The van der Waals surface area contributed by atoms with E-state index >= 15 is 0 Å². The molecule has 0 N–H and O–H groups in total. The maximum absolute atomic E-state index is 11.8. The van der Waals surface area contributed by atoms with Crippen molar-refractivity contribution in [3.05, 3.63) is 58.7 Å². The summed E-state index contributed by atoms with van der Waals surface area (Å²) >= 11 is 0. The topological polar surface area (TPSA) is 44.8 Å². The summed E-state index contributed by atoms with van der Waals surface area (Å²) in [4.78, 5) is 11.8. The standard InChI is InChI=1S/C19H20O4/c1-13-17(21-2)12-11-15(18(13)22-3)10-9-14-7-5-6-8-16(14)19(20)23-4/h5-12H,1-4H3. The molecule has 4 heteroatoms. The Balaban J connectivity index is 2.42. The van der Waals surface area contributed by atoms with Crippen molar-refractivity contribution in [1.82, 2.24) is 0 Å². The summed E-state index contributed by atoms with van der Waals surface area (Å²) in [6, 6.07) is 11.1. The first kappa shape index (κ1) is 16.6. The highest BCUT2D eigenvalue weighted by Crippen LogP contribution is 2.32. The normalized spacial score (nSPS) is 10.6. The van der Waals surface area contributed by atoms with E-state index in [4.69, 9.17) is 14.2 Å². The third-order valence-corrected chi connectivity index (χ3v) is 3.62. The number of carbonyl (C=O) groups is 1. The van der Waals surface area contributed by atoms with Crippen LogP contribution in [-0.4, -0.2) is 27.3 Å². The van der Waals surface area contributed by atoms with E-state index < -0.39 is 0 Å². The fraction of sp³-hybridized carbons (Fsp3) is 0.211. The largest absolute Gasteiger partial charge is 0.496 e. The third-order valence-electron chi connectivity index (χ3n) is 3.62. The Bertz CT molecular complexity index is 732. The van der Waals surface area contributed by atoms with Crippen LogP contribution in [0.5, 0.6) is 11.5 Å². The molecule has 0 fully saturated rings. The van der Waals surface area contributed by atoms with E-state index in [0.717, 1.165) is 28.2 Å². The molecule has 0 bridgehead atoms. The van der Waals surface area contributed by atoms with Gasteiger partial charge in [0.05, 0.1) is 26.9 Å². The third kappa shape index (κ3) is 3.54. The zero-order chi connectivity index (χ0) is 16.8. The molecule has 0 aliphatic rings. The van der Waals surface area contributed by atoms with Gasteiger partial charge in [0, 0.05) is 11.1 Å². The molecule has 4 nitrogen and oxygen atoms in total. The fourth-order valence-electron chi connectivity index (χ4n) is 2.44. The molecule has 0 aromatic heterocycles. The van der Waals surface area contributed by atoms with Crippen LogP contribution in [0.1, 0.15) is 27.0 Å². The molecule has 0 aliphatic carbocycles. The SMILES string of the molecule is COC(=O)c1ccccc1C=Cc1ccc(OC)c(C)c1OC. The Morgan fingerprint density at radius 2 is 1.61 bits per heavy atom. The maximum Gasteiger partial charge on any atom is 0.338 e. The van der Waals surface area contributed by atoms with Gasteiger partial charge in [-0.1, -0.05) is 30.4 Å². The second-order valence-electron chi connectivity index (χ2n) is 4.93. The van der Waals surface area contributed by atoms with E-state index in [9.17, 15) is 4.79 Å². The number of hydrogen-bond acceptors (Lipinski definition) is 4. The number of ether oxygens (including phenoxy) is 3. The molecule has 120 valence electrons. The number of esters is 1. The van der Waals surface area contributed by atoms with Crippen LogP contribution < -0.4 is 9.47 Å². The molecule has 0 amide bonds. The number of rotatable bonds is 5. The van der Waals surface area contributed by atoms with Crippen LogP contribution in [0, 0.1) is 6.92 Å². The van der Waals surface area contributed by atoms with Crippen molar-refractivity contribution in [2.45, 2.75) is 6.92 Å². The van der Waals surface area contributed by atoms with Gasteiger partial charge in [0.25, 0.3) is 0 Å². The second-order valence-corrected chi connectivity index (χ2v) is 4.93. The Kier molecular flexibility index (Phi) is 5.41. The van der Waals surface area contributed by atoms with Crippen molar-refractivity contribution in [2.75, 3.05) is 21.3 Å². The van der Waals surface area contributed by atoms with Crippen LogP contribution in [0.3, 0.4) is 0 Å². The van der Waals surface area contributed by atoms with Crippen molar-refractivity contribution in [3.63, 3.8) is 0 Å². The van der Waals surface area contributed by atoms with Crippen LogP contribution >= 0.6 is 0 Å². The predicted molar refractivity (Wildman–Crippen MR) is 91.0 cm³/mol. The van der Waals surface area contributed by atoms with Gasteiger partial charge in [0.15, 0.2) is 0 Å². The molecule has 0 aliphatic heterocycles. The molecule has 0 radical (unpaired) electrons. The molecule has 2 aromatic carbocycles. The van der Waals surface area contributed by atoms with E-state index in [-0.39, 0.29) is 5.97 Å². The van der Waals surface area contributed by atoms with Crippen LogP contribution in [0.25, 0.3) is 12.2 Å². The Morgan fingerprint density at radius 3 is 2.26 bits per heavy atom. The highest BCUT2D eigenvalue weighted by molar-refractivity contribution is 5.95. The molecule has 0 spiro atoms. The number of methoxy groups -OCH3 is 3. The van der Waals surface area contributed by atoms with E-state index in [1.807, 2.05) is 49.4 Å². The molecule has 2 aromatic rings. The minimum absolute atomic E-state index is 0.358. The molecule has 0 heterocycles. The lowest BCUT2D eigenvalue weighted by Crippen LogP contribution is -2.03. The Labute approximate surface area is 136 Å². The van der Waals surface area contributed by atoms with Crippen LogP contribution in [0.2, 0.25) is 0 Å². The minimum atomic E-state index is -0.358. The zero-order valence-corrected chi connectivity index (χ0v) is 13.8. The molecule has 0 unspecified atom stereocenters. The van der Waals surface area contributed by atoms with Crippen molar-refractivity contribution in [3.8, 4) is 11.5 Å². The molecule has 0 saturated heterocycles. The molecule has 23 heavy (non-hydrogen) atoms. The summed E-state index contributed by atoms with van der Waals surface area (Å²) < 4.78 is 15.6. The quantitative estimate of drug-likeness (QED) is 0.619. The van der Waals surface area contributed by atoms with Crippen molar-refractivity contribution >= 4 is 18.1 Å². The minimum Gasteiger partial charge on any atom is -0.496 e. The van der Waals surface area contributed by atoms with Gasteiger partial charge in [-0.2, -0.15) is 0 Å². The Hall–Kier alpha value is -2.75. The summed E-state index contributed by atoms with van der Waals surface area (Å²) in [6.45, 7) is 1.94. The summed E-state index contributed by atoms with van der Waals surface area (Å²) in [6.07, 6.45) is 3.78. The van der Waals surface area contributed by atoms with Crippen molar-refractivity contribution < 1.29 is 19.0 Å². The van der Waals surface area contributed by atoms with Crippen LogP contribution in [0.4, 0.5) is 0 Å². The van der Waals surface area contributed by atoms with E-state index in [1.165, 1.54) is 7.11 Å². The first-order valence-electron chi connectivity index (χ1n) is 7.19. The van der Waals surface area contributed by atoms with Gasteiger partial charge in [-0.05, 0) is 30.7 Å². The van der Waals surface area contributed by atoms with Crippen LogP contribution in [-0.2, 0) is 4.74 Å². The monoisotopic (exact) mass is 312 g/mol. The highest BCUT2D eigenvalue weighted by Gasteiger charge is 2.11. The number of benzene rings is 2. The molecular formula is C19H20O4. The van der Waals surface area contributed by atoms with E-state index in [0.29, 0.717) is 5.56 Å². The average molecular weight is 312 g/mol. The first-order valence-corrected chi connectivity index (χ1v) is 7.19. The molecule has 0 saturated carbocycles. The second kappa shape index (κ2) is 7.49. The average Bonchev–Trinajstić information content (AvgIpc) is 2.59. The van der Waals surface area contributed by atoms with Gasteiger partial charge in [-0.15, -0.1) is 0 Å². The van der Waals surface area contributed by atoms with Gasteiger partial charge in [0.1, 0.15) is 11.5 Å². The maximum atomic E-state index is 11.8. The smallest absolute Gasteiger partial charge is 0.338 e. The summed E-state index contributed by atoms with van der Waals surface area (Å²) in [7, 11) is 4.63. The van der Waals surface area contributed by atoms with Crippen molar-refractivity contribution in [1.29, 1.82) is 0 Å². The zero-order valence-electron chi connectivity index (χ0n) is 13.8. The van der Waals surface area contributed by atoms with Crippen molar-refractivity contribution in [2.24, 2.45) is 0 Å². The fourth-order valence-corrected chi connectivity index (χ4v) is 2.44. The van der Waals surface area contributed by atoms with Gasteiger partial charge in [-0.3, -0.25) is 0 Å². The Morgan fingerprint density at radius 1 is 0.913 bits per heavy atom. The highest BCUT2D eigenvalue weighted by atomic mass is 16.5. The van der Waals surface area contributed by atoms with E-state index in [2.05, 4.69) is 0 Å².